The van der Waals surface area contributed by atoms with E-state index in [0.29, 0.717) is 25.8 Å². The summed E-state index contributed by atoms with van der Waals surface area (Å²) in [6, 6.07) is -0.347. The molecule has 0 aliphatic carbocycles. The molecule has 1 atom stereocenters. The van der Waals surface area contributed by atoms with Crippen molar-refractivity contribution >= 4 is 17.7 Å². The van der Waals surface area contributed by atoms with Crippen LogP contribution >= 0.6 is 0 Å². The Hall–Kier alpha value is -1.39. The van der Waals surface area contributed by atoms with Crippen LogP contribution in [0.2, 0.25) is 0 Å². The number of amides is 1. The van der Waals surface area contributed by atoms with Crippen LogP contribution < -0.4 is 0 Å². The molecular formula is C16H27NO4. The molecule has 0 spiro atoms. The van der Waals surface area contributed by atoms with E-state index in [2.05, 4.69) is 0 Å². The Morgan fingerprint density at radius 1 is 1.14 bits per heavy atom. The summed E-state index contributed by atoms with van der Waals surface area (Å²) in [7, 11) is 0. The Morgan fingerprint density at radius 3 is 2.10 bits per heavy atom. The number of rotatable bonds is 5. The fourth-order valence-electron chi connectivity index (χ4n) is 2.73. The van der Waals surface area contributed by atoms with E-state index in [4.69, 9.17) is 4.74 Å². The van der Waals surface area contributed by atoms with Crippen LogP contribution in [0, 0.1) is 5.92 Å². The second-order valence-electron chi connectivity index (χ2n) is 6.50. The molecule has 5 heteroatoms. The molecule has 1 unspecified atom stereocenters. The van der Waals surface area contributed by atoms with Gasteiger partial charge in [0.05, 0.1) is 12.0 Å². The summed E-state index contributed by atoms with van der Waals surface area (Å²) in [5, 5.41) is 0. The quantitative estimate of drug-likeness (QED) is 0.732. The second-order valence-corrected chi connectivity index (χ2v) is 6.50. The molecule has 120 valence electrons. The third kappa shape index (κ3) is 4.55. The lowest BCUT2D eigenvalue weighted by atomic mass is 9.87. The van der Waals surface area contributed by atoms with Crippen molar-refractivity contribution < 1.29 is 19.1 Å². The van der Waals surface area contributed by atoms with Gasteiger partial charge in [-0.15, -0.1) is 0 Å². The van der Waals surface area contributed by atoms with Gasteiger partial charge in [-0.05, 0) is 33.6 Å². The Labute approximate surface area is 127 Å². The number of carbonyl (C=O) groups excluding carboxylic acids is 3. The van der Waals surface area contributed by atoms with E-state index in [9.17, 15) is 14.4 Å². The third-order valence-electron chi connectivity index (χ3n) is 3.70. The van der Waals surface area contributed by atoms with Crippen molar-refractivity contribution in [1.82, 2.24) is 4.90 Å². The minimum Gasteiger partial charge on any atom is -0.444 e. The highest BCUT2D eigenvalue weighted by Gasteiger charge is 2.42. The molecule has 1 saturated heterocycles. The van der Waals surface area contributed by atoms with Crippen LogP contribution in [0.3, 0.4) is 0 Å². The maximum absolute atomic E-state index is 12.3. The van der Waals surface area contributed by atoms with E-state index in [-0.39, 0.29) is 17.6 Å². The first kappa shape index (κ1) is 17.7. The normalized spacial score (nSPS) is 19.0. The molecule has 1 amide bonds. The average molecular weight is 297 g/mol. The standard InChI is InChI=1S/C16H27NO4/c1-6-12(18)14(13(19)7-2)11-9-8-10-17(11)15(20)21-16(3,4)5/h11,14H,6-10H2,1-5H3. The van der Waals surface area contributed by atoms with Crippen molar-refractivity contribution in [3.05, 3.63) is 0 Å². The molecule has 0 aromatic rings. The molecule has 0 aromatic heterocycles. The van der Waals surface area contributed by atoms with Gasteiger partial charge in [-0.1, -0.05) is 13.8 Å². The highest BCUT2D eigenvalue weighted by molar-refractivity contribution is 6.03. The molecule has 0 saturated carbocycles. The molecule has 0 bridgehead atoms. The SMILES string of the molecule is CCC(=O)C(C(=O)CC)C1CCCN1C(=O)OC(C)(C)C. The van der Waals surface area contributed by atoms with E-state index in [0.717, 1.165) is 6.42 Å². The summed E-state index contributed by atoms with van der Waals surface area (Å²) in [5.74, 6) is -0.861. The van der Waals surface area contributed by atoms with Gasteiger partial charge in [-0.25, -0.2) is 4.79 Å². The lowest BCUT2D eigenvalue weighted by Crippen LogP contribution is -2.47. The minimum atomic E-state index is -0.699. The van der Waals surface area contributed by atoms with Crippen LogP contribution in [0.1, 0.15) is 60.3 Å². The van der Waals surface area contributed by atoms with E-state index in [1.807, 2.05) is 20.8 Å². The molecular weight excluding hydrogens is 270 g/mol. The number of nitrogens with zero attached hydrogens (tertiary/aromatic N) is 1. The summed E-state index contributed by atoms with van der Waals surface area (Å²) in [4.78, 5) is 38.2. The van der Waals surface area contributed by atoms with E-state index >= 15 is 0 Å². The number of ether oxygens (including phenoxy) is 1. The predicted molar refractivity (Wildman–Crippen MR) is 80.0 cm³/mol. The summed E-state index contributed by atoms with van der Waals surface area (Å²) in [5.41, 5.74) is -0.580. The number of Topliss-reactive ketones (excluding diaryl/α,β-unsaturated/α-hetero) is 2. The van der Waals surface area contributed by atoms with Crippen molar-refractivity contribution in [2.45, 2.75) is 71.9 Å². The van der Waals surface area contributed by atoms with Crippen LogP contribution in [-0.2, 0) is 14.3 Å². The average Bonchev–Trinajstić information content (AvgIpc) is 2.85. The fourth-order valence-corrected chi connectivity index (χ4v) is 2.73. The molecule has 1 rings (SSSR count). The van der Waals surface area contributed by atoms with Gasteiger partial charge in [-0.3, -0.25) is 9.59 Å². The first-order valence-corrected chi connectivity index (χ1v) is 7.76. The molecule has 21 heavy (non-hydrogen) atoms. The Balaban J connectivity index is 2.94. The number of ketones is 2. The van der Waals surface area contributed by atoms with Crippen molar-refractivity contribution in [3.63, 3.8) is 0 Å². The minimum absolute atomic E-state index is 0.0812. The first-order valence-electron chi connectivity index (χ1n) is 7.76. The van der Waals surface area contributed by atoms with Gasteiger partial charge in [0.1, 0.15) is 17.2 Å². The van der Waals surface area contributed by atoms with Crippen LogP contribution in [-0.4, -0.2) is 40.7 Å². The highest BCUT2D eigenvalue weighted by Crippen LogP contribution is 2.28. The monoisotopic (exact) mass is 297 g/mol. The number of carbonyl (C=O) groups is 3. The molecule has 0 N–H and O–H groups in total. The van der Waals surface area contributed by atoms with Crippen molar-refractivity contribution in [1.29, 1.82) is 0 Å². The molecule has 5 nitrogen and oxygen atoms in total. The fraction of sp³-hybridized carbons (Fsp3) is 0.812. The Kier molecular flexibility index (Phi) is 5.93. The summed E-state index contributed by atoms with van der Waals surface area (Å²) < 4.78 is 5.39. The van der Waals surface area contributed by atoms with Gasteiger partial charge in [0.15, 0.2) is 0 Å². The topological polar surface area (TPSA) is 63.7 Å². The molecule has 0 aromatic carbocycles. The van der Waals surface area contributed by atoms with Crippen LogP contribution in [0.15, 0.2) is 0 Å². The zero-order valence-electron chi connectivity index (χ0n) is 13.8. The number of hydrogen-bond acceptors (Lipinski definition) is 4. The number of likely N-dealkylation sites (tertiary alicyclic amines) is 1. The highest BCUT2D eigenvalue weighted by atomic mass is 16.6. The van der Waals surface area contributed by atoms with Gasteiger partial charge in [-0.2, -0.15) is 0 Å². The van der Waals surface area contributed by atoms with Crippen LogP contribution in [0.5, 0.6) is 0 Å². The number of hydrogen-bond donors (Lipinski definition) is 0. The zero-order chi connectivity index (χ0) is 16.2. The molecule has 1 fully saturated rings. The van der Waals surface area contributed by atoms with Crippen LogP contribution in [0.4, 0.5) is 4.79 Å². The van der Waals surface area contributed by atoms with Crippen molar-refractivity contribution in [3.8, 4) is 0 Å². The van der Waals surface area contributed by atoms with E-state index < -0.39 is 17.6 Å². The summed E-state index contributed by atoms with van der Waals surface area (Å²) >= 11 is 0. The van der Waals surface area contributed by atoms with Crippen molar-refractivity contribution in [2.75, 3.05) is 6.54 Å². The van der Waals surface area contributed by atoms with Crippen molar-refractivity contribution in [2.24, 2.45) is 5.92 Å². The second kappa shape index (κ2) is 7.05. The van der Waals surface area contributed by atoms with Gasteiger partial charge < -0.3 is 9.64 Å². The summed E-state index contributed by atoms with van der Waals surface area (Å²) in [6.07, 6.45) is 1.68. The smallest absolute Gasteiger partial charge is 0.410 e. The molecule has 1 heterocycles. The van der Waals surface area contributed by atoms with Gasteiger partial charge in [0, 0.05) is 19.4 Å². The maximum Gasteiger partial charge on any atom is 0.410 e. The molecule has 1 aliphatic rings. The predicted octanol–water partition coefficient (Wildman–Crippen LogP) is 2.96. The third-order valence-corrected chi connectivity index (χ3v) is 3.70. The Morgan fingerprint density at radius 2 is 1.67 bits per heavy atom. The lowest BCUT2D eigenvalue weighted by Gasteiger charge is -2.31. The van der Waals surface area contributed by atoms with E-state index in [1.165, 1.54) is 0 Å². The Bertz CT molecular complexity index is 395. The van der Waals surface area contributed by atoms with Gasteiger partial charge in [0.2, 0.25) is 0 Å². The first-order chi connectivity index (χ1) is 9.71. The maximum atomic E-state index is 12.3. The molecule has 0 radical (unpaired) electrons. The molecule has 1 aliphatic heterocycles. The van der Waals surface area contributed by atoms with Gasteiger partial charge >= 0.3 is 6.09 Å². The zero-order valence-corrected chi connectivity index (χ0v) is 13.8. The van der Waals surface area contributed by atoms with Crippen LogP contribution in [0.25, 0.3) is 0 Å². The summed E-state index contributed by atoms with van der Waals surface area (Å²) in [6.45, 7) is 9.48. The lowest BCUT2D eigenvalue weighted by molar-refractivity contribution is -0.134. The van der Waals surface area contributed by atoms with E-state index in [1.54, 1.807) is 18.7 Å². The van der Waals surface area contributed by atoms with Gasteiger partial charge in [0.25, 0.3) is 0 Å². The largest absolute Gasteiger partial charge is 0.444 e.